The van der Waals surface area contributed by atoms with Gasteiger partial charge in [-0.2, -0.15) is 5.10 Å². The third-order valence-corrected chi connectivity index (χ3v) is 4.93. The van der Waals surface area contributed by atoms with E-state index in [0.29, 0.717) is 30.4 Å². The van der Waals surface area contributed by atoms with Crippen molar-refractivity contribution in [3.8, 4) is 0 Å². The first kappa shape index (κ1) is 16.7. The molecule has 1 aromatic heterocycles. The number of piperidine rings is 1. The molecule has 0 aromatic carbocycles. The van der Waals surface area contributed by atoms with E-state index in [0.717, 1.165) is 25.9 Å². The third-order valence-electron chi connectivity index (χ3n) is 4.93. The van der Waals surface area contributed by atoms with E-state index in [1.165, 1.54) is 12.8 Å². The molecule has 1 saturated carbocycles. The van der Waals surface area contributed by atoms with Crippen molar-refractivity contribution < 1.29 is 9.72 Å². The number of nitrogens with one attached hydrogen (secondary N) is 1. The smallest absolute Gasteiger partial charge is 0.334 e. The molecular formula is C16H25N5O3. The quantitative estimate of drug-likeness (QED) is 0.630. The third kappa shape index (κ3) is 3.37. The van der Waals surface area contributed by atoms with E-state index in [-0.39, 0.29) is 22.4 Å². The molecule has 1 amide bonds. The zero-order valence-corrected chi connectivity index (χ0v) is 14.3. The molecule has 2 fully saturated rings. The van der Waals surface area contributed by atoms with Crippen LogP contribution in [0.3, 0.4) is 0 Å². The van der Waals surface area contributed by atoms with Crippen LogP contribution in [0.5, 0.6) is 0 Å². The number of nitrogens with zero attached hydrogens (tertiary/aromatic N) is 4. The number of carbonyl (C=O) groups is 1. The molecule has 1 atom stereocenters. The number of aryl methyl sites for hydroxylation is 2. The van der Waals surface area contributed by atoms with Gasteiger partial charge in [0.25, 0.3) is 0 Å². The molecule has 8 heteroatoms. The molecule has 8 nitrogen and oxygen atoms in total. The maximum Gasteiger partial charge on any atom is 0.334 e. The summed E-state index contributed by atoms with van der Waals surface area (Å²) in [4.78, 5) is 25.5. The van der Waals surface area contributed by atoms with E-state index >= 15 is 0 Å². The Balaban J connectivity index is 1.75. The summed E-state index contributed by atoms with van der Waals surface area (Å²) in [5.41, 5.74) is 0.580. The second kappa shape index (κ2) is 6.78. The lowest BCUT2D eigenvalue weighted by atomic mass is 9.97. The molecule has 1 aliphatic heterocycles. The van der Waals surface area contributed by atoms with Crippen molar-refractivity contribution in [2.45, 2.75) is 39.0 Å². The van der Waals surface area contributed by atoms with Crippen molar-refractivity contribution in [1.82, 2.24) is 15.1 Å². The van der Waals surface area contributed by atoms with Crippen LogP contribution in [0.4, 0.5) is 11.5 Å². The zero-order chi connectivity index (χ0) is 17.3. The molecule has 0 spiro atoms. The van der Waals surface area contributed by atoms with Gasteiger partial charge in [-0.25, -0.2) is 4.68 Å². The van der Waals surface area contributed by atoms with E-state index in [1.807, 2.05) is 11.8 Å². The highest BCUT2D eigenvalue weighted by Gasteiger charge is 2.34. The van der Waals surface area contributed by atoms with Gasteiger partial charge in [0.2, 0.25) is 11.7 Å². The summed E-state index contributed by atoms with van der Waals surface area (Å²) >= 11 is 0. The standard InChI is InChI=1S/C16H25N5O3/c1-3-13-14(21(23)24)16(19(2)18-13)20-8-4-5-12(10-20)15(22)17-9-11-6-7-11/h11-12H,3-10H2,1-2H3,(H,17,22). The van der Waals surface area contributed by atoms with Crippen LogP contribution in [0.1, 0.15) is 38.3 Å². The largest absolute Gasteiger partial charge is 0.356 e. The normalized spacial score (nSPS) is 20.9. The Morgan fingerprint density at radius 3 is 2.79 bits per heavy atom. The summed E-state index contributed by atoms with van der Waals surface area (Å²) in [7, 11) is 1.73. The summed E-state index contributed by atoms with van der Waals surface area (Å²) < 4.78 is 1.58. The van der Waals surface area contributed by atoms with Crippen LogP contribution in [0.25, 0.3) is 0 Å². The van der Waals surface area contributed by atoms with Crippen LogP contribution in [-0.4, -0.2) is 40.2 Å². The average Bonchev–Trinajstić information content (AvgIpc) is 3.33. The highest BCUT2D eigenvalue weighted by atomic mass is 16.6. The number of hydrogen-bond donors (Lipinski definition) is 1. The molecule has 2 heterocycles. The lowest BCUT2D eigenvalue weighted by molar-refractivity contribution is -0.384. The zero-order valence-electron chi connectivity index (χ0n) is 14.3. The van der Waals surface area contributed by atoms with Crippen LogP contribution in [-0.2, 0) is 18.3 Å². The minimum absolute atomic E-state index is 0.0761. The van der Waals surface area contributed by atoms with Gasteiger partial charge >= 0.3 is 5.69 Å². The topological polar surface area (TPSA) is 93.3 Å². The van der Waals surface area contributed by atoms with Gasteiger partial charge in [0.05, 0.1) is 10.8 Å². The summed E-state index contributed by atoms with van der Waals surface area (Å²) in [6.45, 7) is 3.86. The molecule has 1 aliphatic carbocycles. The predicted molar refractivity (Wildman–Crippen MR) is 89.9 cm³/mol. The Morgan fingerprint density at radius 2 is 2.17 bits per heavy atom. The van der Waals surface area contributed by atoms with E-state index in [2.05, 4.69) is 10.4 Å². The summed E-state index contributed by atoms with van der Waals surface area (Å²) in [6, 6.07) is 0. The minimum Gasteiger partial charge on any atom is -0.356 e. The Bertz CT molecular complexity index is 638. The highest BCUT2D eigenvalue weighted by Crippen LogP contribution is 2.34. The van der Waals surface area contributed by atoms with E-state index in [4.69, 9.17) is 0 Å². The molecule has 24 heavy (non-hydrogen) atoms. The maximum atomic E-state index is 12.4. The fourth-order valence-corrected chi connectivity index (χ4v) is 3.43. The SMILES string of the molecule is CCc1nn(C)c(N2CCCC(C(=O)NCC3CC3)C2)c1[N+](=O)[O-]. The van der Waals surface area contributed by atoms with Crippen molar-refractivity contribution in [3.05, 3.63) is 15.8 Å². The second-order valence-corrected chi connectivity index (χ2v) is 6.83. The van der Waals surface area contributed by atoms with E-state index < -0.39 is 0 Å². The maximum absolute atomic E-state index is 12.4. The van der Waals surface area contributed by atoms with Gasteiger partial charge in [-0.05, 0) is 38.0 Å². The van der Waals surface area contributed by atoms with Gasteiger partial charge in [0.1, 0.15) is 5.69 Å². The van der Waals surface area contributed by atoms with Crippen molar-refractivity contribution in [3.63, 3.8) is 0 Å². The molecule has 1 unspecified atom stereocenters. The van der Waals surface area contributed by atoms with Gasteiger partial charge in [-0.3, -0.25) is 14.9 Å². The summed E-state index contributed by atoms with van der Waals surface area (Å²) in [5.74, 6) is 1.14. The molecule has 2 aliphatic rings. The lowest BCUT2D eigenvalue weighted by Crippen LogP contribution is -2.44. The van der Waals surface area contributed by atoms with Crippen molar-refractivity contribution in [2.24, 2.45) is 18.9 Å². The number of hydrogen-bond acceptors (Lipinski definition) is 5. The number of amides is 1. The Hall–Kier alpha value is -2.12. The van der Waals surface area contributed by atoms with Crippen molar-refractivity contribution >= 4 is 17.4 Å². The van der Waals surface area contributed by atoms with Gasteiger partial charge in [-0.1, -0.05) is 6.92 Å². The Morgan fingerprint density at radius 1 is 1.42 bits per heavy atom. The first-order chi connectivity index (χ1) is 11.5. The average molecular weight is 335 g/mol. The first-order valence-electron chi connectivity index (χ1n) is 8.74. The fraction of sp³-hybridized carbons (Fsp3) is 0.750. The van der Waals surface area contributed by atoms with E-state index in [1.54, 1.807) is 11.7 Å². The van der Waals surface area contributed by atoms with Crippen LogP contribution in [0.2, 0.25) is 0 Å². The molecular weight excluding hydrogens is 310 g/mol. The Labute approximate surface area is 141 Å². The number of rotatable bonds is 6. The second-order valence-electron chi connectivity index (χ2n) is 6.83. The van der Waals surface area contributed by atoms with E-state index in [9.17, 15) is 14.9 Å². The number of nitro groups is 1. The minimum atomic E-state index is -0.349. The predicted octanol–water partition coefficient (Wildman–Crippen LogP) is 1.63. The van der Waals surface area contributed by atoms with Gasteiger partial charge in [-0.15, -0.1) is 0 Å². The molecule has 1 N–H and O–H groups in total. The molecule has 0 radical (unpaired) electrons. The van der Waals surface area contributed by atoms with Crippen LogP contribution < -0.4 is 10.2 Å². The van der Waals surface area contributed by atoms with Crippen LogP contribution in [0, 0.1) is 22.0 Å². The Kier molecular flexibility index (Phi) is 4.73. The number of carbonyl (C=O) groups excluding carboxylic acids is 1. The molecule has 0 bridgehead atoms. The molecule has 1 saturated heterocycles. The monoisotopic (exact) mass is 335 g/mol. The molecule has 132 valence electrons. The number of anilines is 1. The highest BCUT2D eigenvalue weighted by molar-refractivity contribution is 5.80. The summed E-state index contributed by atoms with van der Waals surface area (Å²) in [5, 5.41) is 18.8. The van der Waals surface area contributed by atoms with Crippen LogP contribution in [0.15, 0.2) is 0 Å². The first-order valence-corrected chi connectivity index (χ1v) is 8.74. The van der Waals surface area contributed by atoms with Gasteiger partial charge in [0, 0.05) is 26.7 Å². The van der Waals surface area contributed by atoms with Gasteiger partial charge in [0.15, 0.2) is 0 Å². The number of aromatic nitrogens is 2. The van der Waals surface area contributed by atoms with Gasteiger partial charge < -0.3 is 10.2 Å². The fourth-order valence-electron chi connectivity index (χ4n) is 3.43. The van der Waals surface area contributed by atoms with Crippen molar-refractivity contribution in [1.29, 1.82) is 0 Å². The van der Waals surface area contributed by atoms with Crippen LogP contribution >= 0.6 is 0 Å². The van der Waals surface area contributed by atoms with Crippen molar-refractivity contribution in [2.75, 3.05) is 24.5 Å². The molecule has 1 aromatic rings. The summed E-state index contributed by atoms with van der Waals surface area (Å²) in [6.07, 6.45) is 4.62. The lowest BCUT2D eigenvalue weighted by Gasteiger charge is -2.32. The molecule has 3 rings (SSSR count).